The molecule has 0 aliphatic heterocycles. The lowest BCUT2D eigenvalue weighted by Crippen LogP contribution is -2.25. The minimum Gasteiger partial charge on any atom is -0.316 e. The Hall–Kier alpha value is -1.56. The van der Waals surface area contributed by atoms with Crippen LogP contribution in [0.1, 0.15) is 6.92 Å². The van der Waals surface area contributed by atoms with Crippen LogP contribution in [-0.4, -0.2) is 34.7 Å². The molecule has 0 aromatic heterocycles. The van der Waals surface area contributed by atoms with Crippen molar-refractivity contribution in [3.05, 3.63) is 24.3 Å². The SMILES string of the molecule is CC(=O)N(C)c1ccc(N(C)S(C)(=O)=O)cc1. The Morgan fingerprint density at radius 3 is 1.82 bits per heavy atom. The normalized spacial score (nSPS) is 11.1. The van der Waals surface area contributed by atoms with Gasteiger partial charge in [-0.3, -0.25) is 9.10 Å². The van der Waals surface area contributed by atoms with Gasteiger partial charge < -0.3 is 4.90 Å². The van der Waals surface area contributed by atoms with Crippen LogP contribution in [0.15, 0.2) is 24.3 Å². The highest BCUT2D eigenvalue weighted by Gasteiger charge is 2.12. The second kappa shape index (κ2) is 4.75. The van der Waals surface area contributed by atoms with E-state index in [1.807, 2.05) is 0 Å². The molecule has 0 heterocycles. The van der Waals surface area contributed by atoms with E-state index in [1.54, 1.807) is 31.3 Å². The molecule has 17 heavy (non-hydrogen) atoms. The van der Waals surface area contributed by atoms with E-state index in [0.717, 1.165) is 11.9 Å². The quantitative estimate of drug-likeness (QED) is 0.812. The lowest BCUT2D eigenvalue weighted by molar-refractivity contribution is -0.116. The number of sulfonamides is 1. The number of benzene rings is 1. The van der Waals surface area contributed by atoms with Gasteiger partial charge in [-0.2, -0.15) is 0 Å². The topological polar surface area (TPSA) is 57.7 Å². The highest BCUT2D eigenvalue weighted by molar-refractivity contribution is 7.92. The zero-order chi connectivity index (χ0) is 13.2. The van der Waals surface area contributed by atoms with Gasteiger partial charge in [0.05, 0.1) is 11.9 Å². The van der Waals surface area contributed by atoms with Gasteiger partial charge in [-0.1, -0.05) is 0 Å². The van der Waals surface area contributed by atoms with Crippen molar-refractivity contribution in [3.8, 4) is 0 Å². The third kappa shape index (κ3) is 3.20. The van der Waals surface area contributed by atoms with Crippen molar-refractivity contribution >= 4 is 27.3 Å². The maximum absolute atomic E-state index is 11.3. The summed E-state index contributed by atoms with van der Waals surface area (Å²) in [6.45, 7) is 1.47. The van der Waals surface area contributed by atoms with Gasteiger partial charge in [-0.15, -0.1) is 0 Å². The van der Waals surface area contributed by atoms with Gasteiger partial charge in [0.25, 0.3) is 0 Å². The van der Waals surface area contributed by atoms with E-state index in [1.165, 1.54) is 23.2 Å². The predicted molar refractivity (Wildman–Crippen MR) is 68.8 cm³/mol. The Labute approximate surface area is 102 Å². The standard InChI is InChI=1S/C11H16N2O3S/c1-9(14)12(2)10-5-7-11(8-6-10)13(3)17(4,15)16/h5-8H,1-4H3. The predicted octanol–water partition coefficient (Wildman–Crippen LogP) is 1.07. The Kier molecular flexibility index (Phi) is 3.77. The van der Waals surface area contributed by atoms with Crippen molar-refractivity contribution in [3.63, 3.8) is 0 Å². The molecule has 1 rings (SSSR count). The molecule has 0 aliphatic carbocycles. The van der Waals surface area contributed by atoms with Crippen LogP contribution in [0.25, 0.3) is 0 Å². The highest BCUT2D eigenvalue weighted by Crippen LogP contribution is 2.20. The van der Waals surface area contributed by atoms with E-state index >= 15 is 0 Å². The molecule has 0 saturated carbocycles. The molecular weight excluding hydrogens is 240 g/mol. The fourth-order valence-electron chi connectivity index (χ4n) is 1.26. The largest absolute Gasteiger partial charge is 0.316 e. The van der Waals surface area contributed by atoms with Crippen LogP contribution < -0.4 is 9.21 Å². The van der Waals surface area contributed by atoms with Gasteiger partial charge in [-0.25, -0.2) is 8.42 Å². The Bertz CT molecular complexity index is 508. The van der Waals surface area contributed by atoms with E-state index in [4.69, 9.17) is 0 Å². The zero-order valence-corrected chi connectivity index (χ0v) is 11.2. The molecule has 0 radical (unpaired) electrons. The van der Waals surface area contributed by atoms with Crippen LogP contribution >= 0.6 is 0 Å². The minimum atomic E-state index is -3.25. The number of anilines is 2. The number of rotatable bonds is 3. The molecular formula is C11H16N2O3S. The first-order chi connectivity index (χ1) is 7.73. The second-order valence-corrected chi connectivity index (χ2v) is 5.84. The van der Waals surface area contributed by atoms with Gasteiger partial charge in [0.1, 0.15) is 0 Å². The molecule has 0 aliphatic rings. The molecule has 1 aromatic carbocycles. The van der Waals surface area contributed by atoms with Crippen LogP contribution in [0, 0.1) is 0 Å². The lowest BCUT2D eigenvalue weighted by Gasteiger charge is -2.19. The van der Waals surface area contributed by atoms with Crippen molar-refractivity contribution in [2.24, 2.45) is 0 Å². The molecule has 0 N–H and O–H groups in total. The molecule has 0 fully saturated rings. The van der Waals surface area contributed by atoms with E-state index in [0.29, 0.717) is 5.69 Å². The summed E-state index contributed by atoms with van der Waals surface area (Å²) in [5.74, 6) is -0.0748. The van der Waals surface area contributed by atoms with Crippen LogP contribution in [-0.2, 0) is 14.8 Å². The van der Waals surface area contributed by atoms with Crippen LogP contribution in [0.3, 0.4) is 0 Å². The molecule has 6 heteroatoms. The Balaban J connectivity index is 3.00. The van der Waals surface area contributed by atoms with E-state index in [2.05, 4.69) is 0 Å². The molecule has 94 valence electrons. The van der Waals surface area contributed by atoms with Crippen molar-refractivity contribution < 1.29 is 13.2 Å². The Morgan fingerprint density at radius 2 is 1.47 bits per heavy atom. The lowest BCUT2D eigenvalue weighted by atomic mass is 10.2. The number of hydrogen-bond acceptors (Lipinski definition) is 3. The van der Waals surface area contributed by atoms with Crippen molar-refractivity contribution in [2.45, 2.75) is 6.92 Å². The summed E-state index contributed by atoms with van der Waals surface area (Å²) < 4.78 is 23.8. The first kappa shape index (κ1) is 13.5. The molecule has 0 bridgehead atoms. The average Bonchev–Trinajstić information content (AvgIpc) is 2.26. The van der Waals surface area contributed by atoms with Gasteiger partial charge >= 0.3 is 0 Å². The second-order valence-electron chi connectivity index (χ2n) is 3.82. The van der Waals surface area contributed by atoms with Gasteiger partial charge in [0.15, 0.2) is 0 Å². The molecule has 0 spiro atoms. The maximum atomic E-state index is 11.3. The first-order valence-corrected chi connectivity index (χ1v) is 6.86. The number of hydrogen-bond donors (Lipinski definition) is 0. The van der Waals surface area contributed by atoms with Crippen molar-refractivity contribution in [1.29, 1.82) is 0 Å². The molecule has 0 atom stereocenters. The summed E-state index contributed by atoms with van der Waals surface area (Å²) >= 11 is 0. The third-order valence-corrected chi connectivity index (χ3v) is 3.78. The third-order valence-electron chi connectivity index (χ3n) is 2.57. The summed E-state index contributed by atoms with van der Waals surface area (Å²) in [6.07, 6.45) is 1.14. The molecule has 1 aromatic rings. The van der Waals surface area contributed by atoms with Crippen LogP contribution in [0.2, 0.25) is 0 Å². The van der Waals surface area contributed by atoms with E-state index < -0.39 is 10.0 Å². The summed E-state index contributed by atoms with van der Waals surface area (Å²) in [7, 11) is -0.103. The monoisotopic (exact) mass is 256 g/mol. The molecule has 1 amide bonds. The van der Waals surface area contributed by atoms with E-state index in [9.17, 15) is 13.2 Å². The average molecular weight is 256 g/mol. The molecule has 0 unspecified atom stereocenters. The fraction of sp³-hybridized carbons (Fsp3) is 0.364. The number of carbonyl (C=O) groups excluding carboxylic acids is 1. The summed E-state index contributed by atoms with van der Waals surface area (Å²) in [5, 5.41) is 0. The minimum absolute atomic E-state index is 0.0748. The number of amides is 1. The number of carbonyl (C=O) groups is 1. The van der Waals surface area contributed by atoms with E-state index in [-0.39, 0.29) is 5.91 Å². The highest BCUT2D eigenvalue weighted by atomic mass is 32.2. The molecule has 5 nitrogen and oxygen atoms in total. The first-order valence-electron chi connectivity index (χ1n) is 5.01. The maximum Gasteiger partial charge on any atom is 0.231 e. The Morgan fingerprint density at radius 1 is 1.06 bits per heavy atom. The van der Waals surface area contributed by atoms with Crippen molar-refractivity contribution in [2.75, 3.05) is 29.6 Å². The summed E-state index contributed by atoms with van der Waals surface area (Å²) in [6, 6.07) is 6.74. The molecule has 0 saturated heterocycles. The fourth-order valence-corrected chi connectivity index (χ4v) is 1.76. The van der Waals surface area contributed by atoms with Gasteiger partial charge in [0, 0.05) is 26.7 Å². The number of nitrogens with zero attached hydrogens (tertiary/aromatic N) is 2. The van der Waals surface area contributed by atoms with Gasteiger partial charge in [0.2, 0.25) is 15.9 Å². The van der Waals surface area contributed by atoms with Crippen LogP contribution in [0.5, 0.6) is 0 Å². The summed E-state index contributed by atoms with van der Waals surface area (Å²) in [5.41, 5.74) is 1.29. The van der Waals surface area contributed by atoms with Gasteiger partial charge in [-0.05, 0) is 24.3 Å². The summed E-state index contributed by atoms with van der Waals surface area (Å²) in [4.78, 5) is 12.6. The smallest absolute Gasteiger partial charge is 0.231 e. The van der Waals surface area contributed by atoms with Crippen molar-refractivity contribution in [1.82, 2.24) is 0 Å². The zero-order valence-electron chi connectivity index (χ0n) is 10.3. The van der Waals surface area contributed by atoms with Crippen LogP contribution in [0.4, 0.5) is 11.4 Å².